The molecule has 0 aromatic heterocycles. The number of esters is 1. The summed E-state index contributed by atoms with van der Waals surface area (Å²) in [6.07, 6.45) is 3.67. The summed E-state index contributed by atoms with van der Waals surface area (Å²) in [5.74, 6) is 0.866. The molecule has 0 bridgehead atoms. The van der Waals surface area contributed by atoms with Crippen molar-refractivity contribution in [1.29, 1.82) is 0 Å². The summed E-state index contributed by atoms with van der Waals surface area (Å²) in [6, 6.07) is 0. The van der Waals surface area contributed by atoms with Gasteiger partial charge < -0.3 is 4.74 Å². The van der Waals surface area contributed by atoms with Crippen molar-refractivity contribution >= 4 is 11.8 Å². The smallest absolute Gasteiger partial charge is 0.334 e. The Kier molecular flexibility index (Phi) is 1.44. The van der Waals surface area contributed by atoms with Crippen molar-refractivity contribution in [3.63, 3.8) is 0 Å². The zero-order valence-corrected chi connectivity index (χ0v) is 9.95. The lowest BCUT2D eigenvalue weighted by Gasteiger charge is -2.34. The molecule has 0 amide bonds. The highest BCUT2D eigenvalue weighted by molar-refractivity contribution is 6.05. The summed E-state index contributed by atoms with van der Waals surface area (Å²) < 4.78 is 5.38. The van der Waals surface area contributed by atoms with Crippen LogP contribution < -0.4 is 0 Å². The molecule has 4 aliphatic rings. The third kappa shape index (κ3) is 0.946. The average Bonchev–Trinajstić information content (AvgIpc) is 2.99. The molecule has 0 aromatic rings. The van der Waals surface area contributed by atoms with E-state index in [0.29, 0.717) is 17.3 Å². The molecule has 0 spiro atoms. The van der Waals surface area contributed by atoms with E-state index >= 15 is 0 Å². The molecule has 3 aliphatic carbocycles. The lowest BCUT2D eigenvalue weighted by Crippen LogP contribution is -2.32. The maximum absolute atomic E-state index is 12.1. The van der Waals surface area contributed by atoms with E-state index in [1.54, 1.807) is 6.92 Å². The van der Waals surface area contributed by atoms with Crippen LogP contribution in [0.5, 0.6) is 0 Å². The van der Waals surface area contributed by atoms with Crippen molar-refractivity contribution in [2.45, 2.75) is 32.8 Å². The highest BCUT2D eigenvalue weighted by Gasteiger charge is 2.65. The summed E-state index contributed by atoms with van der Waals surface area (Å²) in [5, 5.41) is 0. The van der Waals surface area contributed by atoms with Crippen molar-refractivity contribution in [3.8, 4) is 0 Å². The van der Waals surface area contributed by atoms with Gasteiger partial charge in [-0.25, -0.2) is 4.79 Å². The van der Waals surface area contributed by atoms with Gasteiger partial charge in [0.25, 0.3) is 0 Å². The van der Waals surface area contributed by atoms with E-state index < -0.39 is 0 Å². The van der Waals surface area contributed by atoms with Gasteiger partial charge in [-0.2, -0.15) is 0 Å². The first-order chi connectivity index (χ1) is 8.02. The van der Waals surface area contributed by atoms with Crippen LogP contribution in [0.3, 0.4) is 0 Å². The second-order valence-corrected chi connectivity index (χ2v) is 5.97. The number of ketones is 1. The van der Waals surface area contributed by atoms with Crippen LogP contribution in [0.1, 0.15) is 26.7 Å². The lowest BCUT2D eigenvalue weighted by atomic mass is 9.70. The monoisotopic (exact) mass is 230 g/mol. The Balaban J connectivity index is 1.89. The molecule has 0 radical (unpaired) electrons. The van der Waals surface area contributed by atoms with Crippen LogP contribution in [0.25, 0.3) is 0 Å². The summed E-state index contributed by atoms with van der Waals surface area (Å²) in [4.78, 5) is 23.7. The lowest BCUT2D eigenvalue weighted by molar-refractivity contribution is -0.140. The molecular weight excluding hydrogens is 216 g/mol. The Morgan fingerprint density at radius 3 is 2.94 bits per heavy atom. The molecule has 3 nitrogen and oxygen atoms in total. The van der Waals surface area contributed by atoms with Crippen molar-refractivity contribution in [3.05, 3.63) is 22.8 Å². The number of fused-ring (bicyclic) bond motifs is 4. The summed E-state index contributed by atoms with van der Waals surface area (Å²) >= 11 is 0. The molecular formula is C14H14O3. The molecule has 2 fully saturated rings. The Labute approximate surface area is 99.5 Å². The average molecular weight is 230 g/mol. The van der Waals surface area contributed by atoms with Crippen LogP contribution in [0.4, 0.5) is 0 Å². The molecule has 2 saturated carbocycles. The molecule has 17 heavy (non-hydrogen) atoms. The number of ether oxygens (including phenoxy) is 1. The predicted molar refractivity (Wildman–Crippen MR) is 60.0 cm³/mol. The topological polar surface area (TPSA) is 43.4 Å². The minimum atomic E-state index is -0.217. The van der Waals surface area contributed by atoms with Gasteiger partial charge in [0.15, 0.2) is 5.78 Å². The third-order valence-electron chi connectivity index (χ3n) is 5.07. The quantitative estimate of drug-likeness (QED) is 0.596. The number of hydrogen-bond acceptors (Lipinski definition) is 3. The van der Waals surface area contributed by atoms with Crippen LogP contribution in [-0.2, 0) is 14.3 Å². The van der Waals surface area contributed by atoms with Crippen molar-refractivity contribution in [2.75, 3.05) is 0 Å². The van der Waals surface area contributed by atoms with E-state index in [1.165, 1.54) is 0 Å². The van der Waals surface area contributed by atoms with Crippen LogP contribution in [0, 0.1) is 17.3 Å². The fourth-order valence-corrected chi connectivity index (χ4v) is 3.90. The van der Waals surface area contributed by atoms with E-state index in [-0.39, 0.29) is 23.4 Å². The Morgan fingerprint density at radius 2 is 2.18 bits per heavy atom. The van der Waals surface area contributed by atoms with Crippen molar-refractivity contribution in [2.24, 2.45) is 17.3 Å². The van der Waals surface area contributed by atoms with E-state index in [4.69, 9.17) is 4.74 Å². The molecule has 0 aromatic carbocycles. The number of hydrogen-bond donors (Lipinski definition) is 0. The van der Waals surface area contributed by atoms with Gasteiger partial charge in [-0.15, -0.1) is 0 Å². The van der Waals surface area contributed by atoms with Crippen LogP contribution >= 0.6 is 0 Å². The Hall–Kier alpha value is -1.38. The van der Waals surface area contributed by atoms with Gasteiger partial charge in [-0.3, -0.25) is 4.79 Å². The molecule has 88 valence electrons. The minimum absolute atomic E-state index is 0.0409. The van der Waals surface area contributed by atoms with Crippen LogP contribution in [0.2, 0.25) is 0 Å². The zero-order valence-electron chi connectivity index (χ0n) is 9.95. The third-order valence-corrected chi connectivity index (χ3v) is 5.07. The summed E-state index contributed by atoms with van der Waals surface area (Å²) in [7, 11) is 0. The molecule has 4 rings (SSSR count). The number of carbonyl (C=O) groups excluding carboxylic acids is 2. The molecule has 0 saturated heterocycles. The largest absolute Gasteiger partial charge is 0.454 e. The fraction of sp³-hybridized carbons (Fsp3) is 0.571. The SMILES string of the molecule is CC1=C2C=C3C(=O)[C@H]4C[C@H]4[C@]3(C)C[C@@H]2OC1=O. The summed E-state index contributed by atoms with van der Waals surface area (Å²) in [6.45, 7) is 3.95. The number of Topliss-reactive ketones (excluding diaryl/α,β-unsaturated/α-hetero) is 1. The van der Waals surface area contributed by atoms with E-state index in [1.807, 2.05) is 6.08 Å². The number of rotatable bonds is 0. The van der Waals surface area contributed by atoms with E-state index in [9.17, 15) is 9.59 Å². The van der Waals surface area contributed by atoms with Crippen LogP contribution in [0.15, 0.2) is 22.8 Å². The maximum Gasteiger partial charge on any atom is 0.334 e. The molecule has 0 unspecified atom stereocenters. The first-order valence-corrected chi connectivity index (χ1v) is 6.20. The van der Waals surface area contributed by atoms with E-state index in [0.717, 1.165) is 24.0 Å². The van der Waals surface area contributed by atoms with E-state index in [2.05, 4.69) is 6.92 Å². The minimum Gasteiger partial charge on any atom is -0.454 e. The molecule has 4 atom stereocenters. The zero-order chi connectivity index (χ0) is 11.9. The second kappa shape index (κ2) is 2.55. The van der Waals surface area contributed by atoms with Gasteiger partial charge in [-0.05, 0) is 31.8 Å². The second-order valence-electron chi connectivity index (χ2n) is 5.97. The number of carbonyl (C=O) groups is 2. The predicted octanol–water partition coefficient (Wildman–Crippen LogP) is 1.78. The van der Waals surface area contributed by atoms with Gasteiger partial charge in [-0.1, -0.05) is 6.92 Å². The van der Waals surface area contributed by atoms with Gasteiger partial charge in [0.2, 0.25) is 0 Å². The fourth-order valence-electron chi connectivity index (χ4n) is 3.90. The standard InChI is InChI=1S/C14H14O3/c1-6-7-3-10-12(15)8-4-9(8)14(10,2)5-11(7)17-13(6)16/h3,8-9,11H,4-5H2,1-2H3/t8-,9+,11-,14-/m0/s1. The highest BCUT2D eigenvalue weighted by atomic mass is 16.5. The molecule has 1 heterocycles. The number of allylic oxidation sites excluding steroid dienone is 1. The molecule has 1 aliphatic heterocycles. The summed E-state index contributed by atoms with van der Waals surface area (Å²) in [5.41, 5.74) is 2.53. The van der Waals surface area contributed by atoms with Gasteiger partial charge in [0, 0.05) is 28.1 Å². The maximum atomic E-state index is 12.1. The normalized spacial score (nSPS) is 46.2. The van der Waals surface area contributed by atoms with Gasteiger partial charge >= 0.3 is 5.97 Å². The highest BCUT2D eigenvalue weighted by Crippen LogP contribution is 2.66. The van der Waals surface area contributed by atoms with Gasteiger partial charge in [0.1, 0.15) is 6.10 Å². The first kappa shape index (κ1) is 9.63. The Bertz CT molecular complexity index is 540. The van der Waals surface area contributed by atoms with Gasteiger partial charge in [0.05, 0.1) is 0 Å². The van der Waals surface area contributed by atoms with Crippen molar-refractivity contribution < 1.29 is 14.3 Å². The Morgan fingerprint density at radius 1 is 1.41 bits per heavy atom. The molecule has 3 heteroatoms. The van der Waals surface area contributed by atoms with Crippen molar-refractivity contribution in [1.82, 2.24) is 0 Å². The van der Waals surface area contributed by atoms with Crippen LogP contribution in [-0.4, -0.2) is 17.9 Å². The first-order valence-electron chi connectivity index (χ1n) is 6.20. The molecule has 0 N–H and O–H groups in total.